The summed E-state index contributed by atoms with van der Waals surface area (Å²) in [4.78, 5) is 4.55. The van der Waals surface area contributed by atoms with E-state index in [1.54, 1.807) is 11.3 Å². The van der Waals surface area contributed by atoms with Gasteiger partial charge in [0.1, 0.15) is 0 Å². The van der Waals surface area contributed by atoms with E-state index in [0.29, 0.717) is 0 Å². The van der Waals surface area contributed by atoms with Crippen molar-refractivity contribution in [2.75, 3.05) is 17.6 Å². The van der Waals surface area contributed by atoms with E-state index in [1.165, 1.54) is 5.69 Å². The van der Waals surface area contributed by atoms with Crippen molar-refractivity contribution in [3.63, 3.8) is 0 Å². The average Bonchev–Trinajstić information content (AvgIpc) is 2.97. The van der Waals surface area contributed by atoms with Gasteiger partial charge in [-0.1, -0.05) is 11.3 Å². The third-order valence-corrected chi connectivity index (χ3v) is 4.31. The molecule has 6 heteroatoms. The predicted octanol–water partition coefficient (Wildman–Crippen LogP) is 3.19. The zero-order chi connectivity index (χ0) is 14.8. The molecule has 0 aliphatic carbocycles. The first-order valence-corrected chi connectivity index (χ1v) is 7.84. The Bertz CT molecular complexity index is 759. The van der Waals surface area contributed by atoms with E-state index in [-0.39, 0.29) is 0 Å². The minimum absolute atomic E-state index is 0.780. The Morgan fingerprint density at radius 3 is 2.90 bits per heavy atom. The fraction of sp³-hybridized carbons (Fsp3) is 0.333. The van der Waals surface area contributed by atoms with Gasteiger partial charge >= 0.3 is 0 Å². The van der Waals surface area contributed by atoms with Crippen molar-refractivity contribution < 1.29 is 0 Å². The minimum atomic E-state index is 0.780. The van der Waals surface area contributed by atoms with Gasteiger partial charge < -0.3 is 11.1 Å². The topological polar surface area (TPSA) is 68.8 Å². The molecular formula is C15H19N5S. The van der Waals surface area contributed by atoms with E-state index in [0.717, 1.165) is 46.2 Å². The Morgan fingerprint density at radius 2 is 2.14 bits per heavy atom. The number of nitrogen functional groups attached to an aromatic ring is 1. The molecule has 0 atom stereocenters. The lowest BCUT2D eigenvalue weighted by atomic mass is 10.3. The Kier molecular flexibility index (Phi) is 3.79. The largest absolute Gasteiger partial charge is 0.399 e. The highest BCUT2D eigenvalue weighted by Crippen LogP contribution is 2.27. The molecule has 0 bridgehead atoms. The summed E-state index contributed by atoms with van der Waals surface area (Å²) >= 11 is 1.64. The van der Waals surface area contributed by atoms with Crippen LogP contribution in [0.2, 0.25) is 0 Å². The third kappa shape index (κ3) is 3.16. The Morgan fingerprint density at radius 1 is 1.29 bits per heavy atom. The van der Waals surface area contributed by atoms with Gasteiger partial charge in [-0.25, -0.2) is 4.98 Å². The van der Waals surface area contributed by atoms with Crippen molar-refractivity contribution in [3.8, 4) is 0 Å². The minimum Gasteiger partial charge on any atom is -0.399 e. The van der Waals surface area contributed by atoms with E-state index in [2.05, 4.69) is 33.1 Å². The maximum atomic E-state index is 5.78. The summed E-state index contributed by atoms with van der Waals surface area (Å²) in [6.07, 6.45) is 1.01. The molecule has 21 heavy (non-hydrogen) atoms. The second kappa shape index (κ2) is 5.73. The van der Waals surface area contributed by atoms with Gasteiger partial charge in [0, 0.05) is 24.5 Å². The Labute approximate surface area is 127 Å². The molecule has 3 aromatic rings. The van der Waals surface area contributed by atoms with E-state index in [4.69, 9.17) is 5.73 Å². The number of nitrogens with zero attached hydrogens (tertiary/aromatic N) is 3. The monoisotopic (exact) mass is 301 g/mol. The lowest BCUT2D eigenvalue weighted by Crippen LogP contribution is -2.08. The van der Waals surface area contributed by atoms with Crippen molar-refractivity contribution in [1.29, 1.82) is 0 Å². The quantitative estimate of drug-likeness (QED) is 0.561. The normalized spacial score (nSPS) is 11.1. The van der Waals surface area contributed by atoms with Crippen LogP contribution in [0.1, 0.15) is 17.8 Å². The number of benzene rings is 1. The standard InChI is InChI=1S/C15H19N5S/c1-10-8-11(2)20(19-10)7-3-6-17-15-18-13-5-4-12(16)9-14(13)21-15/h4-5,8-9H,3,6-7,16H2,1-2H3,(H,17,18). The van der Waals surface area contributed by atoms with Crippen LogP contribution in [0.15, 0.2) is 24.3 Å². The van der Waals surface area contributed by atoms with Gasteiger partial charge in [0.25, 0.3) is 0 Å². The molecular weight excluding hydrogens is 282 g/mol. The smallest absolute Gasteiger partial charge is 0.183 e. The summed E-state index contributed by atoms with van der Waals surface area (Å²) in [5.41, 5.74) is 9.84. The summed E-state index contributed by atoms with van der Waals surface area (Å²) in [6, 6.07) is 7.91. The second-order valence-electron chi connectivity index (χ2n) is 5.18. The molecule has 1 aromatic carbocycles. The summed E-state index contributed by atoms with van der Waals surface area (Å²) in [5.74, 6) is 0. The summed E-state index contributed by atoms with van der Waals surface area (Å²) < 4.78 is 3.17. The lowest BCUT2D eigenvalue weighted by Gasteiger charge is -2.05. The van der Waals surface area contributed by atoms with Crippen molar-refractivity contribution in [3.05, 3.63) is 35.7 Å². The molecule has 3 rings (SSSR count). The van der Waals surface area contributed by atoms with Crippen molar-refractivity contribution in [2.45, 2.75) is 26.8 Å². The first kappa shape index (κ1) is 13.9. The van der Waals surface area contributed by atoms with Crippen LogP contribution in [0.25, 0.3) is 10.2 Å². The average molecular weight is 301 g/mol. The summed E-state index contributed by atoms with van der Waals surface area (Å²) in [5, 5.41) is 8.78. The van der Waals surface area contributed by atoms with Crippen LogP contribution in [0.5, 0.6) is 0 Å². The second-order valence-corrected chi connectivity index (χ2v) is 6.21. The molecule has 2 aromatic heterocycles. The molecule has 0 radical (unpaired) electrons. The molecule has 0 amide bonds. The van der Waals surface area contributed by atoms with Gasteiger partial charge in [-0.3, -0.25) is 4.68 Å². The van der Waals surface area contributed by atoms with Crippen LogP contribution in [-0.4, -0.2) is 21.3 Å². The number of aryl methyl sites for hydroxylation is 3. The van der Waals surface area contributed by atoms with Crippen LogP contribution in [0, 0.1) is 13.8 Å². The SMILES string of the molecule is Cc1cc(C)n(CCCNc2nc3ccc(N)cc3s2)n1. The number of hydrogen-bond donors (Lipinski definition) is 2. The highest BCUT2D eigenvalue weighted by Gasteiger charge is 2.04. The van der Waals surface area contributed by atoms with Gasteiger partial charge in [0.05, 0.1) is 15.9 Å². The number of nitrogens with two attached hydrogens (primary N) is 1. The zero-order valence-electron chi connectivity index (χ0n) is 12.3. The number of rotatable bonds is 5. The molecule has 0 aliphatic heterocycles. The number of nitrogens with one attached hydrogen (secondary N) is 1. The van der Waals surface area contributed by atoms with E-state index in [9.17, 15) is 0 Å². The van der Waals surface area contributed by atoms with Crippen LogP contribution in [-0.2, 0) is 6.54 Å². The third-order valence-electron chi connectivity index (χ3n) is 3.34. The molecule has 3 N–H and O–H groups in total. The molecule has 0 aliphatic rings. The number of thiazole rings is 1. The molecule has 5 nitrogen and oxygen atoms in total. The molecule has 0 unspecified atom stereocenters. The zero-order valence-corrected chi connectivity index (χ0v) is 13.1. The highest BCUT2D eigenvalue weighted by atomic mass is 32.1. The van der Waals surface area contributed by atoms with E-state index >= 15 is 0 Å². The molecule has 0 spiro atoms. The van der Waals surface area contributed by atoms with Crippen molar-refractivity contribution in [1.82, 2.24) is 14.8 Å². The maximum absolute atomic E-state index is 5.78. The Balaban J connectivity index is 1.55. The number of anilines is 2. The number of hydrogen-bond acceptors (Lipinski definition) is 5. The van der Waals surface area contributed by atoms with E-state index < -0.39 is 0 Å². The Hall–Kier alpha value is -2.08. The van der Waals surface area contributed by atoms with E-state index in [1.807, 2.05) is 25.1 Å². The molecule has 110 valence electrons. The van der Waals surface area contributed by atoms with Gasteiger partial charge in [-0.15, -0.1) is 0 Å². The molecule has 0 saturated carbocycles. The van der Waals surface area contributed by atoms with Crippen LogP contribution < -0.4 is 11.1 Å². The fourth-order valence-electron chi connectivity index (χ4n) is 2.34. The summed E-state index contributed by atoms with van der Waals surface area (Å²) in [7, 11) is 0. The summed E-state index contributed by atoms with van der Waals surface area (Å²) in [6.45, 7) is 5.91. The van der Waals surface area contributed by atoms with Crippen molar-refractivity contribution in [2.24, 2.45) is 0 Å². The lowest BCUT2D eigenvalue weighted by molar-refractivity contribution is 0.573. The van der Waals surface area contributed by atoms with Gasteiger partial charge in [0.15, 0.2) is 5.13 Å². The van der Waals surface area contributed by atoms with Crippen LogP contribution >= 0.6 is 11.3 Å². The maximum Gasteiger partial charge on any atom is 0.183 e. The van der Waals surface area contributed by atoms with Gasteiger partial charge in [-0.05, 0) is 44.5 Å². The highest BCUT2D eigenvalue weighted by molar-refractivity contribution is 7.22. The number of aromatic nitrogens is 3. The molecule has 0 saturated heterocycles. The van der Waals surface area contributed by atoms with Crippen LogP contribution in [0.4, 0.5) is 10.8 Å². The molecule has 0 fully saturated rings. The first-order chi connectivity index (χ1) is 10.1. The predicted molar refractivity (Wildman–Crippen MR) is 88.8 cm³/mol. The van der Waals surface area contributed by atoms with Gasteiger partial charge in [0.2, 0.25) is 0 Å². The van der Waals surface area contributed by atoms with Crippen LogP contribution in [0.3, 0.4) is 0 Å². The first-order valence-electron chi connectivity index (χ1n) is 7.03. The fourth-order valence-corrected chi connectivity index (χ4v) is 3.28. The molecule has 2 heterocycles. The number of fused-ring (bicyclic) bond motifs is 1. The van der Waals surface area contributed by atoms with Gasteiger partial charge in [-0.2, -0.15) is 5.10 Å². The van der Waals surface area contributed by atoms with Crippen molar-refractivity contribution >= 4 is 32.4 Å².